The van der Waals surface area contributed by atoms with E-state index in [0.717, 1.165) is 12.1 Å². The number of fused-ring (bicyclic) bond motifs is 1. The highest BCUT2D eigenvalue weighted by Crippen LogP contribution is 2.39. The number of methoxy groups -OCH3 is 1. The zero-order valence-corrected chi connectivity index (χ0v) is 20.6. The van der Waals surface area contributed by atoms with Crippen molar-refractivity contribution < 1.29 is 22.3 Å². The Morgan fingerprint density at radius 3 is 2.41 bits per heavy atom. The Bertz CT molecular complexity index is 1130. The van der Waals surface area contributed by atoms with Crippen LogP contribution in [0.3, 0.4) is 0 Å². The fraction of sp³-hybridized carbons (Fsp3) is 0.476. The molecule has 2 heterocycles. The van der Waals surface area contributed by atoms with Crippen molar-refractivity contribution in [3.8, 4) is 17.0 Å². The summed E-state index contributed by atoms with van der Waals surface area (Å²) in [6.45, 7) is 11.7. The summed E-state index contributed by atoms with van der Waals surface area (Å²) in [4.78, 5) is 0. The summed E-state index contributed by atoms with van der Waals surface area (Å²) in [5.41, 5.74) is 0.436. The Labute approximate surface area is 190 Å². The molecule has 174 valence electrons. The van der Waals surface area contributed by atoms with Gasteiger partial charge in [-0.3, -0.25) is 4.68 Å². The van der Waals surface area contributed by atoms with Gasteiger partial charge in [0.05, 0.1) is 37.4 Å². The second-order valence-electron chi connectivity index (χ2n) is 8.99. The minimum atomic E-state index is -4.48. The van der Waals surface area contributed by atoms with Crippen molar-refractivity contribution in [1.82, 2.24) is 20.0 Å². The normalized spacial score (nSPS) is 13.1. The number of hydrogen-bond acceptors (Lipinski definition) is 5. The first-order chi connectivity index (χ1) is 14.8. The highest BCUT2D eigenvalue weighted by Gasteiger charge is 2.37. The van der Waals surface area contributed by atoms with Gasteiger partial charge in [0.25, 0.3) is 0 Å². The predicted octanol–water partition coefficient (Wildman–Crippen LogP) is 6.20. The van der Waals surface area contributed by atoms with Gasteiger partial charge < -0.3 is 9.16 Å². The largest absolute Gasteiger partial charge is 0.496 e. The molecule has 3 rings (SSSR count). The number of hydrogen-bond donors (Lipinski definition) is 0. The summed E-state index contributed by atoms with van der Waals surface area (Å²) in [7, 11) is -0.620. The first-order valence-electron chi connectivity index (χ1n) is 10.0. The molecular formula is C21H26ClF3N4O2Si. The molecule has 1 aromatic carbocycles. The molecule has 32 heavy (non-hydrogen) atoms. The number of rotatable bonds is 6. The van der Waals surface area contributed by atoms with Crippen LogP contribution >= 0.6 is 11.6 Å². The minimum Gasteiger partial charge on any atom is -0.496 e. The third-order valence-corrected chi connectivity index (χ3v) is 10.7. The number of halogens is 4. The van der Waals surface area contributed by atoms with Crippen LogP contribution in [0.25, 0.3) is 22.2 Å². The van der Waals surface area contributed by atoms with E-state index in [2.05, 4.69) is 49.2 Å². The third-order valence-electron chi connectivity index (χ3n) is 5.88. The maximum atomic E-state index is 13.1. The van der Waals surface area contributed by atoms with E-state index in [1.54, 1.807) is 10.9 Å². The van der Waals surface area contributed by atoms with Gasteiger partial charge in [-0.2, -0.15) is 18.3 Å². The van der Waals surface area contributed by atoms with Crippen LogP contribution < -0.4 is 4.74 Å². The summed E-state index contributed by atoms with van der Waals surface area (Å²) < 4.78 is 52.4. The lowest BCUT2D eigenvalue weighted by Crippen LogP contribution is -2.41. The average molecular weight is 487 g/mol. The Kier molecular flexibility index (Phi) is 6.61. The maximum Gasteiger partial charge on any atom is 0.416 e. The molecular weight excluding hydrogens is 461 g/mol. The van der Waals surface area contributed by atoms with Crippen molar-refractivity contribution in [1.29, 1.82) is 0 Å². The van der Waals surface area contributed by atoms with Crippen LogP contribution in [0.4, 0.5) is 13.2 Å². The Morgan fingerprint density at radius 1 is 1.12 bits per heavy atom. The molecule has 0 aliphatic rings. The minimum absolute atomic E-state index is 0.0340. The maximum absolute atomic E-state index is 13.1. The van der Waals surface area contributed by atoms with Gasteiger partial charge in [0, 0.05) is 5.56 Å². The SMILES string of the molecule is COc1cc(C(F)(F)F)ccc1-c1nnc(Cl)c2c1cnn2CCO[Si](C)(C)C(C)(C)C. The van der Waals surface area contributed by atoms with Gasteiger partial charge in [-0.15, -0.1) is 10.2 Å². The molecule has 0 spiro atoms. The van der Waals surface area contributed by atoms with Crippen molar-refractivity contribution in [3.63, 3.8) is 0 Å². The van der Waals surface area contributed by atoms with E-state index in [0.29, 0.717) is 35.3 Å². The lowest BCUT2D eigenvalue weighted by atomic mass is 10.0. The van der Waals surface area contributed by atoms with Gasteiger partial charge in [0.15, 0.2) is 13.5 Å². The van der Waals surface area contributed by atoms with Crippen LogP contribution in [-0.4, -0.2) is 42.0 Å². The first-order valence-corrected chi connectivity index (χ1v) is 13.3. The number of ether oxygens (including phenoxy) is 1. The molecule has 0 aliphatic carbocycles. The standard InChI is InChI=1S/C21H26ClF3N4O2Si/c1-20(2,3)32(5,6)31-10-9-29-18-15(12-26-29)17(27-28-19(18)22)14-8-7-13(21(23,24)25)11-16(14)30-4/h7-8,11-12H,9-10H2,1-6H3. The van der Waals surface area contributed by atoms with Crippen molar-refractivity contribution in [2.24, 2.45) is 0 Å². The highest BCUT2D eigenvalue weighted by atomic mass is 35.5. The number of nitrogens with zero attached hydrogens (tertiary/aromatic N) is 4. The molecule has 0 bridgehead atoms. The predicted molar refractivity (Wildman–Crippen MR) is 120 cm³/mol. The summed E-state index contributed by atoms with van der Waals surface area (Å²) in [5, 5.41) is 13.3. The van der Waals surface area contributed by atoms with E-state index in [1.165, 1.54) is 13.2 Å². The van der Waals surface area contributed by atoms with Crippen molar-refractivity contribution >= 4 is 30.8 Å². The second-order valence-corrected chi connectivity index (χ2v) is 14.2. The van der Waals surface area contributed by atoms with Crippen molar-refractivity contribution in [3.05, 3.63) is 35.1 Å². The first kappa shape index (κ1) is 24.5. The summed E-state index contributed by atoms with van der Waals surface area (Å²) in [5.74, 6) is 0.0340. The van der Waals surface area contributed by atoms with Crippen LogP contribution in [0.5, 0.6) is 5.75 Å². The Hall–Kier alpha value is -2.17. The molecule has 0 amide bonds. The van der Waals surface area contributed by atoms with Crippen molar-refractivity contribution in [2.45, 2.75) is 51.6 Å². The Balaban J connectivity index is 1.97. The molecule has 6 nitrogen and oxygen atoms in total. The van der Waals surface area contributed by atoms with Crippen molar-refractivity contribution in [2.75, 3.05) is 13.7 Å². The summed E-state index contributed by atoms with van der Waals surface area (Å²) in [6, 6.07) is 3.24. The van der Waals surface area contributed by atoms with E-state index < -0.39 is 20.1 Å². The van der Waals surface area contributed by atoms with Gasteiger partial charge in [-0.1, -0.05) is 32.4 Å². The molecule has 0 radical (unpaired) electrons. The van der Waals surface area contributed by atoms with Gasteiger partial charge in [0.1, 0.15) is 17.0 Å². The molecule has 0 fully saturated rings. The highest BCUT2D eigenvalue weighted by molar-refractivity contribution is 6.74. The lowest BCUT2D eigenvalue weighted by Gasteiger charge is -2.36. The molecule has 11 heteroatoms. The van der Waals surface area contributed by atoms with Crippen LogP contribution in [-0.2, 0) is 17.1 Å². The van der Waals surface area contributed by atoms with Gasteiger partial charge >= 0.3 is 6.18 Å². The molecule has 0 N–H and O–H groups in total. The second kappa shape index (κ2) is 8.64. The summed E-state index contributed by atoms with van der Waals surface area (Å²) in [6.07, 6.45) is -2.91. The van der Waals surface area contributed by atoms with Crippen LogP contribution in [0, 0.1) is 0 Å². The summed E-state index contributed by atoms with van der Waals surface area (Å²) >= 11 is 6.32. The molecule has 0 aliphatic heterocycles. The zero-order valence-electron chi connectivity index (χ0n) is 18.8. The number of alkyl halides is 3. The van der Waals surface area contributed by atoms with E-state index >= 15 is 0 Å². The fourth-order valence-corrected chi connectivity index (χ4v) is 4.28. The zero-order chi connectivity index (χ0) is 23.9. The number of benzene rings is 1. The molecule has 0 atom stereocenters. The smallest absolute Gasteiger partial charge is 0.416 e. The molecule has 0 unspecified atom stereocenters. The van der Waals surface area contributed by atoms with E-state index in [4.69, 9.17) is 20.8 Å². The Morgan fingerprint density at radius 2 is 1.81 bits per heavy atom. The average Bonchev–Trinajstić information content (AvgIpc) is 3.11. The molecule has 3 aromatic rings. The van der Waals surface area contributed by atoms with Gasteiger partial charge in [0.2, 0.25) is 0 Å². The lowest BCUT2D eigenvalue weighted by molar-refractivity contribution is -0.137. The van der Waals surface area contributed by atoms with E-state index in [-0.39, 0.29) is 15.9 Å². The molecule has 2 aromatic heterocycles. The van der Waals surface area contributed by atoms with Crippen LogP contribution in [0.1, 0.15) is 26.3 Å². The van der Waals surface area contributed by atoms with Gasteiger partial charge in [-0.05, 0) is 36.3 Å². The van der Waals surface area contributed by atoms with E-state index in [9.17, 15) is 13.2 Å². The monoisotopic (exact) mass is 486 g/mol. The third kappa shape index (κ3) is 4.77. The van der Waals surface area contributed by atoms with Gasteiger partial charge in [-0.25, -0.2) is 0 Å². The van der Waals surface area contributed by atoms with Crippen LogP contribution in [0.2, 0.25) is 23.3 Å². The quantitative estimate of drug-likeness (QED) is 0.388. The number of aromatic nitrogens is 4. The molecule has 0 saturated carbocycles. The van der Waals surface area contributed by atoms with Crippen LogP contribution in [0.15, 0.2) is 24.4 Å². The topological polar surface area (TPSA) is 62.1 Å². The van der Waals surface area contributed by atoms with E-state index in [1.807, 2.05) is 0 Å². The fourth-order valence-electron chi connectivity index (χ4n) is 3.01. The molecule has 0 saturated heterocycles.